The zero-order valence-corrected chi connectivity index (χ0v) is 12.8. The Bertz CT molecular complexity index is 342. The second kappa shape index (κ2) is 8.09. The van der Waals surface area contributed by atoms with Crippen molar-refractivity contribution in [1.29, 1.82) is 0 Å². The lowest BCUT2D eigenvalue weighted by Gasteiger charge is -2.10. The van der Waals surface area contributed by atoms with E-state index in [4.69, 9.17) is 11.6 Å². The maximum atomic E-state index is 5.96. The number of halogens is 2. The molecule has 1 aromatic carbocycles. The lowest BCUT2D eigenvalue weighted by molar-refractivity contribution is 0.391. The molecule has 0 heterocycles. The van der Waals surface area contributed by atoms with E-state index < -0.39 is 0 Å². The number of unbranched alkanes of at least 4 members (excludes halogenated alkanes) is 1. The molecular weight excluding hydrogens is 300 g/mol. The fourth-order valence-corrected chi connectivity index (χ4v) is 2.16. The quantitative estimate of drug-likeness (QED) is 0.773. The Morgan fingerprint density at radius 2 is 2.06 bits per heavy atom. The lowest BCUT2D eigenvalue weighted by Crippen LogP contribution is -2.18. The van der Waals surface area contributed by atoms with E-state index in [2.05, 4.69) is 40.2 Å². The van der Waals surface area contributed by atoms with Gasteiger partial charge in [0, 0.05) is 16.0 Å². The van der Waals surface area contributed by atoms with Crippen LogP contribution in [-0.2, 0) is 6.54 Å². The van der Waals surface area contributed by atoms with Gasteiger partial charge in [-0.3, -0.25) is 0 Å². The molecule has 0 spiro atoms. The molecule has 0 bridgehead atoms. The van der Waals surface area contributed by atoms with Gasteiger partial charge in [0.05, 0.1) is 0 Å². The van der Waals surface area contributed by atoms with Gasteiger partial charge in [-0.1, -0.05) is 27.5 Å². The molecule has 0 fully saturated rings. The summed E-state index contributed by atoms with van der Waals surface area (Å²) in [7, 11) is 4.22. The summed E-state index contributed by atoms with van der Waals surface area (Å²) >= 11 is 9.49. The van der Waals surface area contributed by atoms with Crippen molar-refractivity contribution in [2.24, 2.45) is 0 Å². The predicted molar refractivity (Wildman–Crippen MR) is 78.6 cm³/mol. The average Bonchev–Trinajstić information content (AvgIpc) is 2.27. The van der Waals surface area contributed by atoms with Crippen LogP contribution >= 0.6 is 27.5 Å². The minimum absolute atomic E-state index is 0.789. The Kier molecular flexibility index (Phi) is 7.12. The monoisotopic (exact) mass is 318 g/mol. The molecule has 1 N–H and O–H groups in total. The Morgan fingerprint density at radius 3 is 2.76 bits per heavy atom. The molecule has 17 heavy (non-hydrogen) atoms. The van der Waals surface area contributed by atoms with Crippen LogP contribution in [0.5, 0.6) is 0 Å². The van der Waals surface area contributed by atoms with Crippen LogP contribution < -0.4 is 5.32 Å². The van der Waals surface area contributed by atoms with Crippen LogP contribution in [0, 0.1) is 0 Å². The van der Waals surface area contributed by atoms with E-state index in [1.54, 1.807) is 0 Å². The summed E-state index contributed by atoms with van der Waals surface area (Å²) in [5.74, 6) is 0. The van der Waals surface area contributed by atoms with Crippen molar-refractivity contribution in [1.82, 2.24) is 10.2 Å². The minimum atomic E-state index is 0.789. The summed E-state index contributed by atoms with van der Waals surface area (Å²) in [6.07, 6.45) is 2.44. The molecule has 0 amide bonds. The normalized spacial score (nSPS) is 11.1. The third-order valence-corrected chi connectivity index (χ3v) is 3.54. The number of benzene rings is 1. The number of rotatable bonds is 7. The first kappa shape index (κ1) is 15.0. The van der Waals surface area contributed by atoms with Crippen molar-refractivity contribution in [3.05, 3.63) is 33.3 Å². The van der Waals surface area contributed by atoms with E-state index >= 15 is 0 Å². The number of hydrogen-bond acceptors (Lipinski definition) is 2. The van der Waals surface area contributed by atoms with Gasteiger partial charge in [0.2, 0.25) is 0 Å². The number of nitrogens with one attached hydrogen (secondary N) is 1. The van der Waals surface area contributed by atoms with Crippen molar-refractivity contribution in [2.75, 3.05) is 27.2 Å². The second-order valence-electron chi connectivity index (χ2n) is 4.42. The van der Waals surface area contributed by atoms with Gasteiger partial charge in [-0.05, 0) is 63.8 Å². The molecule has 0 atom stereocenters. The fourth-order valence-electron chi connectivity index (χ4n) is 1.58. The summed E-state index contributed by atoms with van der Waals surface area (Å²) in [6, 6.07) is 5.88. The molecule has 0 aliphatic heterocycles. The molecule has 0 unspecified atom stereocenters. The first-order chi connectivity index (χ1) is 8.09. The van der Waals surface area contributed by atoms with Gasteiger partial charge >= 0.3 is 0 Å². The third-order valence-electron chi connectivity index (χ3n) is 2.53. The average molecular weight is 320 g/mol. The summed E-state index contributed by atoms with van der Waals surface area (Å²) in [5.41, 5.74) is 1.21. The van der Waals surface area contributed by atoms with E-state index in [1.165, 1.54) is 18.4 Å². The first-order valence-corrected chi connectivity index (χ1v) is 7.06. The van der Waals surface area contributed by atoms with Gasteiger partial charge in [-0.15, -0.1) is 0 Å². The van der Waals surface area contributed by atoms with Crippen LogP contribution in [0.3, 0.4) is 0 Å². The van der Waals surface area contributed by atoms with Gasteiger partial charge in [-0.25, -0.2) is 0 Å². The Hall–Kier alpha value is -0.0900. The summed E-state index contributed by atoms with van der Waals surface area (Å²) < 4.78 is 1.11. The molecule has 2 nitrogen and oxygen atoms in total. The van der Waals surface area contributed by atoms with Crippen molar-refractivity contribution in [2.45, 2.75) is 19.4 Å². The SMILES string of the molecule is CN(C)CCCCNCc1cc(Cl)ccc1Br. The molecule has 1 rings (SSSR count). The zero-order valence-electron chi connectivity index (χ0n) is 10.5. The first-order valence-electron chi connectivity index (χ1n) is 5.89. The topological polar surface area (TPSA) is 15.3 Å². The van der Waals surface area contributed by atoms with Gasteiger partial charge < -0.3 is 10.2 Å². The van der Waals surface area contributed by atoms with Gasteiger partial charge in [0.1, 0.15) is 0 Å². The highest BCUT2D eigenvalue weighted by Gasteiger charge is 2.00. The fraction of sp³-hybridized carbons (Fsp3) is 0.538. The van der Waals surface area contributed by atoms with E-state index in [9.17, 15) is 0 Å². The van der Waals surface area contributed by atoms with Gasteiger partial charge in [0.25, 0.3) is 0 Å². The van der Waals surface area contributed by atoms with E-state index in [0.717, 1.165) is 29.1 Å². The standard InChI is InChI=1S/C13H20BrClN2/c1-17(2)8-4-3-7-16-10-11-9-12(15)5-6-13(11)14/h5-6,9,16H,3-4,7-8,10H2,1-2H3. The second-order valence-corrected chi connectivity index (χ2v) is 5.71. The Balaban J connectivity index is 2.20. The highest BCUT2D eigenvalue weighted by atomic mass is 79.9. The summed E-state index contributed by atoms with van der Waals surface area (Å²) in [6.45, 7) is 3.07. The van der Waals surface area contributed by atoms with E-state index in [1.807, 2.05) is 18.2 Å². The highest BCUT2D eigenvalue weighted by molar-refractivity contribution is 9.10. The van der Waals surface area contributed by atoms with E-state index in [-0.39, 0.29) is 0 Å². The highest BCUT2D eigenvalue weighted by Crippen LogP contribution is 2.20. The van der Waals surface area contributed by atoms with E-state index in [0.29, 0.717) is 0 Å². The molecule has 0 saturated heterocycles. The smallest absolute Gasteiger partial charge is 0.0410 e. The predicted octanol–water partition coefficient (Wildman–Crippen LogP) is 3.53. The summed E-state index contributed by atoms with van der Waals surface area (Å²) in [5, 5.41) is 4.23. The Morgan fingerprint density at radius 1 is 1.29 bits per heavy atom. The van der Waals surface area contributed by atoms with Gasteiger partial charge in [0.15, 0.2) is 0 Å². The van der Waals surface area contributed by atoms with Gasteiger partial charge in [-0.2, -0.15) is 0 Å². The van der Waals surface area contributed by atoms with Crippen LogP contribution in [0.15, 0.2) is 22.7 Å². The molecule has 1 aromatic rings. The third kappa shape index (κ3) is 6.41. The van der Waals surface area contributed by atoms with Crippen LogP contribution in [0.2, 0.25) is 5.02 Å². The summed E-state index contributed by atoms with van der Waals surface area (Å²) in [4.78, 5) is 2.22. The van der Waals surface area contributed by atoms with Crippen molar-refractivity contribution < 1.29 is 0 Å². The van der Waals surface area contributed by atoms with Crippen molar-refractivity contribution in [3.8, 4) is 0 Å². The maximum Gasteiger partial charge on any atom is 0.0410 e. The molecule has 96 valence electrons. The van der Waals surface area contributed by atoms with Crippen LogP contribution in [0.1, 0.15) is 18.4 Å². The lowest BCUT2D eigenvalue weighted by atomic mass is 10.2. The molecule has 4 heteroatoms. The molecular formula is C13H20BrClN2. The molecule has 0 aromatic heterocycles. The molecule has 0 aliphatic rings. The molecule has 0 radical (unpaired) electrons. The number of hydrogen-bond donors (Lipinski definition) is 1. The number of nitrogens with zero attached hydrogens (tertiary/aromatic N) is 1. The van der Waals surface area contributed by atoms with Crippen molar-refractivity contribution in [3.63, 3.8) is 0 Å². The van der Waals surface area contributed by atoms with Crippen LogP contribution in [0.25, 0.3) is 0 Å². The van der Waals surface area contributed by atoms with Crippen LogP contribution in [0.4, 0.5) is 0 Å². The largest absolute Gasteiger partial charge is 0.313 e. The minimum Gasteiger partial charge on any atom is -0.313 e. The molecule has 0 aliphatic carbocycles. The van der Waals surface area contributed by atoms with Crippen molar-refractivity contribution >= 4 is 27.5 Å². The molecule has 0 saturated carbocycles. The van der Waals surface area contributed by atoms with Crippen LogP contribution in [-0.4, -0.2) is 32.1 Å². The maximum absolute atomic E-state index is 5.96. The Labute approximate surface area is 117 Å². The zero-order chi connectivity index (χ0) is 12.7.